The van der Waals surface area contributed by atoms with Crippen molar-refractivity contribution in [1.29, 1.82) is 0 Å². The molecule has 0 spiro atoms. The molecule has 0 fully saturated rings. The predicted molar refractivity (Wildman–Crippen MR) is 204 cm³/mol. The third-order valence-electron chi connectivity index (χ3n) is 9.67. The fourth-order valence-electron chi connectivity index (χ4n) is 7.21. The lowest BCUT2D eigenvalue weighted by molar-refractivity contribution is 0.673. The Morgan fingerprint density at radius 3 is 1.90 bits per heavy atom. The lowest BCUT2D eigenvalue weighted by atomic mass is 9.95. The van der Waals surface area contributed by atoms with E-state index in [1.165, 1.54) is 32.8 Å². The molecule has 0 saturated heterocycles. The molecule has 0 N–H and O–H groups in total. The Balaban J connectivity index is 1.10. The van der Waals surface area contributed by atoms with Gasteiger partial charge in [-0.05, 0) is 68.7 Å². The molecule has 228 valence electrons. The van der Waals surface area contributed by atoms with E-state index >= 15 is 0 Å². The number of para-hydroxylation sites is 1. The monoisotopic (exact) mass is 624 g/mol. The van der Waals surface area contributed by atoms with Gasteiger partial charge in [0.05, 0.1) is 11.2 Å². The van der Waals surface area contributed by atoms with E-state index in [4.69, 9.17) is 14.4 Å². The fraction of sp³-hybridized carbons (Fsp3) is 0. The molecule has 3 heteroatoms. The molecule has 2 heterocycles. The first kappa shape index (κ1) is 27.5. The highest BCUT2D eigenvalue weighted by molar-refractivity contribution is 6.19. The summed E-state index contributed by atoms with van der Waals surface area (Å²) >= 11 is 0. The van der Waals surface area contributed by atoms with Gasteiger partial charge in [-0.3, -0.25) is 0 Å². The molecule has 10 rings (SSSR count). The van der Waals surface area contributed by atoms with Crippen molar-refractivity contribution in [3.63, 3.8) is 0 Å². The molecule has 3 nitrogen and oxygen atoms in total. The van der Waals surface area contributed by atoms with E-state index in [9.17, 15) is 0 Å². The van der Waals surface area contributed by atoms with E-state index in [2.05, 4.69) is 158 Å². The summed E-state index contributed by atoms with van der Waals surface area (Å²) in [7, 11) is 0. The Bertz CT molecular complexity index is 2870. The molecule has 0 aliphatic rings. The summed E-state index contributed by atoms with van der Waals surface area (Å²) in [5, 5.41) is 7.97. The Labute approximate surface area is 282 Å². The van der Waals surface area contributed by atoms with Gasteiger partial charge in [0.15, 0.2) is 5.82 Å². The number of nitrogens with zero attached hydrogens (tertiary/aromatic N) is 2. The molecule has 0 aliphatic carbocycles. The Hall–Kier alpha value is -6.58. The zero-order valence-electron chi connectivity index (χ0n) is 26.5. The Kier molecular flexibility index (Phi) is 6.18. The van der Waals surface area contributed by atoms with Crippen molar-refractivity contribution in [2.75, 3.05) is 0 Å². The maximum absolute atomic E-state index is 6.68. The van der Waals surface area contributed by atoms with Crippen LogP contribution in [0.1, 0.15) is 0 Å². The Morgan fingerprint density at radius 1 is 0.367 bits per heavy atom. The Morgan fingerprint density at radius 2 is 1.04 bits per heavy atom. The lowest BCUT2D eigenvalue weighted by Gasteiger charge is -2.10. The van der Waals surface area contributed by atoms with Gasteiger partial charge in [-0.25, -0.2) is 9.97 Å². The average Bonchev–Trinajstić information content (AvgIpc) is 3.55. The molecule has 0 atom stereocenters. The molecule has 0 unspecified atom stereocenters. The first-order chi connectivity index (χ1) is 24.3. The van der Waals surface area contributed by atoms with Crippen molar-refractivity contribution < 1.29 is 4.42 Å². The molecule has 49 heavy (non-hydrogen) atoms. The molecule has 0 radical (unpaired) electrons. The van der Waals surface area contributed by atoms with Gasteiger partial charge in [0, 0.05) is 32.7 Å². The molecule has 0 saturated carbocycles. The van der Waals surface area contributed by atoms with Crippen LogP contribution in [-0.2, 0) is 0 Å². The van der Waals surface area contributed by atoms with Crippen molar-refractivity contribution in [2.45, 2.75) is 0 Å². The highest BCUT2D eigenvalue weighted by Crippen LogP contribution is 2.41. The van der Waals surface area contributed by atoms with Crippen LogP contribution in [0.3, 0.4) is 0 Å². The minimum absolute atomic E-state index is 0.696. The van der Waals surface area contributed by atoms with E-state index in [0.717, 1.165) is 60.6 Å². The highest BCUT2D eigenvalue weighted by atomic mass is 16.3. The van der Waals surface area contributed by atoms with Crippen LogP contribution in [-0.4, -0.2) is 9.97 Å². The third kappa shape index (κ3) is 4.59. The molecular weight excluding hydrogens is 597 g/mol. The van der Waals surface area contributed by atoms with Crippen molar-refractivity contribution >= 4 is 54.4 Å². The summed E-state index contributed by atoms with van der Waals surface area (Å²) in [4.78, 5) is 10.2. The second-order valence-corrected chi connectivity index (χ2v) is 12.6. The van der Waals surface area contributed by atoms with E-state index in [1.807, 2.05) is 12.1 Å². The summed E-state index contributed by atoms with van der Waals surface area (Å²) in [6, 6.07) is 59.7. The van der Waals surface area contributed by atoms with Gasteiger partial charge in [0.25, 0.3) is 0 Å². The van der Waals surface area contributed by atoms with Crippen LogP contribution in [0, 0.1) is 0 Å². The minimum atomic E-state index is 0.696. The molecule has 2 aromatic heterocycles. The van der Waals surface area contributed by atoms with Crippen LogP contribution in [0.5, 0.6) is 0 Å². The predicted octanol–water partition coefficient (Wildman–Crippen LogP) is 12.5. The summed E-state index contributed by atoms with van der Waals surface area (Å²) in [6.45, 7) is 0. The van der Waals surface area contributed by atoms with Gasteiger partial charge in [0.2, 0.25) is 0 Å². The van der Waals surface area contributed by atoms with Gasteiger partial charge in [0.1, 0.15) is 11.2 Å². The normalized spacial score (nSPS) is 11.7. The lowest BCUT2D eigenvalue weighted by Crippen LogP contribution is -1.95. The number of hydrogen-bond acceptors (Lipinski definition) is 3. The van der Waals surface area contributed by atoms with Gasteiger partial charge < -0.3 is 4.42 Å². The second kappa shape index (κ2) is 11.0. The number of hydrogen-bond donors (Lipinski definition) is 0. The summed E-state index contributed by atoms with van der Waals surface area (Å²) in [5.41, 5.74) is 10.2. The molecule has 0 aliphatic heterocycles. The summed E-state index contributed by atoms with van der Waals surface area (Å²) in [5.74, 6) is 0.696. The third-order valence-corrected chi connectivity index (χ3v) is 9.67. The number of furan rings is 1. The number of rotatable bonds is 4. The van der Waals surface area contributed by atoms with E-state index in [0.29, 0.717) is 5.82 Å². The molecular formula is C46H28N2O. The van der Waals surface area contributed by atoms with E-state index in [1.54, 1.807) is 0 Å². The summed E-state index contributed by atoms with van der Waals surface area (Å²) in [6.07, 6.45) is 0. The largest absolute Gasteiger partial charge is 0.455 e. The standard InChI is InChI=1S/C46H28N2O/c1-2-11-31(12-3-1)40-28-41-37-25-24-35(27-43(37)49-45(41)38-15-7-6-14-36(38)40)44-39-16-8-9-17-42(39)47-46(48-44)32-21-18-30(19-22-32)34-23-20-29-10-4-5-13-33(29)26-34/h1-28H. The van der Waals surface area contributed by atoms with Gasteiger partial charge >= 0.3 is 0 Å². The van der Waals surface area contributed by atoms with Crippen LogP contribution >= 0.6 is 0 Å². The average molecular weight is 625 g/mol. The number of aromatic nitrogens is 2. The minimum Gasteiger partial charge on any atom is -0.455 e. The van der Waals surface area contributed by atoms with Crippen LogP contribution in [0.15, 0.2) is 174 Å². The van der Waals surface area contributed by atoms with Gasteiger partial charge in [-0.15, -0.1) is 0 Å². The van der Waals surface area contributed by atoms with Crippen molar-refractivity contribution in [3.05, 3.63) is 170 Å². The number of fused-ring (bicyclic) bond motifs is 7. The van der Waals surface area contributed by atoms with Crippen LogP contribution in [0.25, 0.3) is 99.3 Å². The zero-order valence-corrected chi connectivity index (χ0v) is 26.5. The van der Waals surface area contributed by atoms with Crippen molar-refractivity contribution in [1.82, 2.24) is 9.97 Å². The maximum atomic E-state index is 6.68. The quantitative estimate of drug-likeness (QED) is 0.196. The van der Waals surface area contributed by atoms with Crippen molar-refractivity contribution in [2.24, 2.45) is 0 Å². The number of benzene rings is 8. The van der Waals surface area contributed by atoms with Crippen LogP contribution in [0.2, 0.25) is 0 Å². The first-order valence-electron chi connectivity index (χ1n) is 16.6. The fourth-order valence-corrected chi connectivity index (χ4v) is 7.21. The van der Waals surface area contributed by atoms with E-state index in [-0.39, 0.29) is 0 Å². The van der Waals surface area contributed by atoms with Gasteiger partial charge in [-0.1, -0.05) is 140 Å². The molecule has 8 aromatic carbocycles. The van der Waals surface area contributed by atoms with Crippen LogP contribution in [0.4, 0.5) is 0 Å². The van der Waals surface area contributed by atoms with Crippen LogP contribution < -0.4 is 0 Å². The smallest absolute Gasteiger partial charge is 0.160 e. The SMILES string of the molecule is c1ccc(-c2cc3c4ccc(-c5nc(-c6ccc(-c7ccc8ccccc8c7)cc6)nc6ccccc56)cc4oc3c3ccccc23)cc1. The van der Waals surface area contributed by atoms with Gasteiger partial charge in [-0.2, -0.15) is 0 Å². The van der Waals surface area contributed by atoms with E-state index < -0.39 is 0 Å². The maximum Gasteiger partial charge on any atom is 0.160 e. The summed E-state index contributed by atoms with van der Waals surface area (Å²) < 4.78 is 6.68. The van der Waals surface area contributed by atoms with Crippen molar-refractivity contribution in [3.8, 4) is 44.9 Å². The topological polar surface area (TPSA) is 38.9 Å². The molecule has 10 aromatic rings. The first-order valence-corrected chi connectivity index (χ1v) is 16.6. The molecule has 0 bridgehead atoms. The molecule has 0 amide bonds. The zero-order chi connectivity index (χ0) is 32.3. The second-order valence-electron chi connectivity index (χ2n) is 12.6. The highest BCUT2D eigenvalue weighted by Gasteiger charge is 2.17.